The van der Waals surface area contributed by atoms with E-state index in [1.54, 1.807) is 12.1 Å². The molecule has 4 heteroatoms. The number of aliphatic hydroxyl groups excluding tert-OH is 1. The molecule has 108 valence electrons. The van der Waals surface area contributed by atoms with Crippen molar-refractivity contribution in [1.82, 2.24) is 4.90 Å². The third-order valence-corrected chi connectivity index (χ3v) is 5.23. The second-order valence-corrected chi connectivity index (χ2v) is 6.47. The molecule has 1 aliphatic rings. The number of hydrogen-bond acceptors (Lipinski definition) is 4. The molecule has 2 aromatic rings. The highest BCUT2D eigenvalue weighted by molar-refractivity contribution is 7.10. The Bertz CT molecular complexity index is 656. The number of hydrogen-bond donors (Lipinski definition) is 1. The van der Waals surface area contributed by atoms with E-state index >= 15 is 0 Å². The first-order valence-corrected chi connectivity index (χ1v) is 8.05. The molecule has 2 atom stereocenters. The van der Waals surface area contributed by atoms with Crippen molar-refractivity contribution in [2.45, 2.75) is 25.5 Å². The fourth-order valence-electron chi connectivity index (χ4n) is 2.92. The smallest absolute Gasteiger partial charge is 0.0991 e. The molecule has 0 aliphatic carbocycles. The number of nitrogens with zero attached hydrogens (tertiary/aromatic N) is 2. The lowest BCUT2D eigenvalue weighted by Gasteiger charge is -2.35. The van der Waals surface area contributed by atoms with Crippen LogP contribution >= 0.6 is 11.3 Å². The Hall–Kier alpha value is -1.67. The lowest BCUT2D eigenvalue weighted by atomic mass is 9.99. The highest BCUT2D eigenvalue weighted by Crippen LogP contribution is 2.33. The Kier molecular flexibility index (Phi) is 4.07. The van der Waals surface area contributed by atoms with Crippen molar-refractivity contribution < 1.29 is 5.11 Å². The van der Waals surface area contributed by atoms with Crippen LogP contribution in [0.25, 0.3) is 0 Å². The molecule has 0 saturated carbocycles. The van der Waals surface area contributed by atoms with Gasteiger partial charge in [-0.1, -0.05) is 12.1 Å². The molecular formula is C17H18N2OS. The van der Waals surface area contributed by atoms with Crippen LogP contribution in [-0.2, 0) is 6.42 Å². The van der Waals surface area contributed by atoms with Crippen LogP contribution in [-0.4, -0.2) is 23.1 Å². The van der Waals surface area contributed by atoms with Crippen LogP contribution in [0, 0.1) is 11.3 Å². The summed E-state index contributed by atoms with van der Waals surface area (Å²) in [4.78, 5) is 3.81. The Morgan fingerprint density at radius 1 is 1.38 bits per heavy atom. The molecule has 2 unspecified atom stereocenters. The maximum Gasteiger partial charge on any atom is 0.0991 e. The Labute approximate surface area is 129 Å². The van der Waals surface area contributed by atoms with Gasteiger partial charge in [-0.05, 0) is 48.1 Å². The van der Waals surface area contributed by atoms with Gasteiger partial charge in [0.2, 0.25) is 0 Å². The molecule has 1 N–H and O–H groups in total. The zero-order valence-electron chi connectivity index (χ0n) is 12.0. The van der Waals surface area contributed by atoms with Crippen molar-refractivity contribution in [3.05, 3.63) is 57.3 Å². The number of rotatable bonds is 3. The molecule has 1 aliphatic heterocycles. The number of thiophene rings is 1. The van der Waals surface area contributed by atoms with Crippen molar-refractivity contribution >= 4 is 11.3 Å². The highest BCUT2D eigenvalue weighted by Gasteiger charge is 2.26. The molecule has 3 nitrogen and oxygen atoms in total. The second kappa shape index (κ2) is 5.98. The van der Waals surface area contributed by atoms with Gasteiger partial charge >= 0.3 is 0 Å². The minimum Gasteiger partial charge on any atom is -0.387 e. The number of β-amino-alcohol motifs (C(OH)–C–C–N with tert-alkyl or cyclic N) is 1. The van der Waals surface area contributed by atoms with Gasteiger partial charge in [-0.15, -0.1) is 11.3 Å². The largest absolute Gasteiger partial charge is 0.387 e. The molecule has 0 saturated heterocycles. The molecule has 0 amide bonds. The van der Waals surface area contributed by atoms with E-state index in [9.17, 15) is 5.11 Å². The first kappa shape index (κ1) is 14.3. The van der Waals surface area contributed by atoms with E-state index < -0.39 is 6.10 Å². The average molecular weight is 298 g/mol. The van der Waals surface area contributed by atoms with Gasteiger partial charge in [0.05, 0.1) is 17.7 Å². The third kappa shape index (κ3) is 2.86. The normalized spacial score (nSPS) is 19.8. The zero-order chi connectivity index (χ0) is 14.8. The summed E-state index contributed by atoms with van der Waals surface area (Å²) in [5.41, 5.74) is 2.90. The standard InChI is InChI=1S/C17H18N2OS/c1-12-15-7-9-21-17(15)6-8-19(12)11-16(20)14-4-2-13(10-18)3-5-14/h2-5,7,9,12,16,20H,6,8,11H2,1H3. The van der Waals surface area contributed by atoms with Gasteiger partial charge in [-0.25, -0.2) is 0 Å². The monoisotopic (exact) mass is 298 g/mol. The van der Waals surface area contributed by atoms with Crippen molar-refractivity contribution in [2.24, 2.45) is 0 Å². The maximum absolute atomic E-state index is 10.4. The number of benzene rings is 1. The summed E-state index contributed by atoms with van der Waals surface area (Å²) in [5.74, 6) is 0. The minimum atomic E-state index is -0.514. The van der Waals surface area contributed by atoms with Crippen molar-refractivity contribution in [2.75, 3.05) is 13.1 Å². The maximum atomic E-state index is 10.4. The summed E-state index contributed by atoms with van der Waals surface area (Å²) in [6.45, 7) is 3.82. The van der Waals surface area contributed by atoms with E-state index in [-0.39, 0.29) is 0 Å². The molecular weight excluding hydrogens is 280 g/mol. The predicted octanol–water partition coefficient (Wildman–Crippen LogP) is 3.27. The van der Waals surface area contributed by atoms with Crippen molar-refractivity contribution in [3.63, 3.8) is 0 Å². The SMILES string of the molecule is CC1c2ccsc2CCN1CC(O)c1ccc(C#N)cc1. The minimum absolute atomic E-state index is 0.355. The molecule has 0 radical (unpaired) electrons. The van der Waals surface area contributed by atoms with Crippen molar-refractivity contribution in [1.29, 1.82) is 5.26 Å². The highest BCUT2D eigenvalue weighted by atomic mass is 32.1. The Balaban J connectivity index is 1.70. The average Bonchev–Trinajstić information content (AvgIpc) is 2.99. The lowest BCUT2D eigenvalue weighted by molar-refractivity contribution is 0.0871. The fourth-order valence-corrected chi connectivity index (χ4v) is 3.88. The molecule has 0 spiro atoms. The summed E-state index contributed by atoms with van der Waals surface area (Å²) >= 11 is 1.83. The fraction of sp³-hybridized carbons (Fsp3) is 0.353. The Morgan fingerprint density at radius 3 is 2.86 bits per heavy atom. The van der Waals surface area contributed by atoms with E-state index in [1.807, 2.05) is 23.5 Å². The molecule has 0 bridgehead atoms. The summed E-state index contributed by atoms with van der Waals surface area (Å²) in [7, 11) is 0. The number of aliphatic hydroxyl groups is 1. The summed E-state index contributed by atoms with van der Waals surface area (Å²) < 4.78 is 0. The summed E-state index contributed by atoms with van der Waals surface area (Å²) in [6.07, 6.45) is 0.553. The molecule has 0 fully saturated rings. The van der Waals surface area contributed by atoms with Gasteiger partial charge in [0.1, 0.15) is 0 Å². The first-order valence-electron chi connectivity index (χ1n) is 7.17. The van der Waals surface area contributed by atoms with Gasteiger partial charge in [0.15, 0.2) is 0 Å². The lowest BCUT2D eigenvalue weighted by Crippen LogP contribution is -2.36. The van der Waals surface area contributed by atoms with E-state index in [0.717, 1.165) is 18.5 Å². The Morgan fingerprint density at radius 2 is 2.14 bits per heavy atom. The molecule has 3 rings (SSSR count). The van der Waals surface area contributed by atoms with Crippen LogP contribution in [0.2, 0.25) is 0 Å². The van der Waals surface area contributed by atoms with Gasteiger partial charge in [-0.2, -0.15) is 5.26 Å². The van der Waals surface area contributed by atoms with Crippen LogP contribution < -0.4 is 0 Å². The van der Waals surface area contributed by atoms with E-state index in [1.165, 1.54) is 10.4 Å². The number of nitriles is 1. The molecule has 1 aromatic carbocycles. The van der Waals surface area contributed by atoms with Gasteiger partial charge < -0.3 is 5.11 Å². The quantitative estimate of drug-likeness (QED) is 0.946. The van der Waals surface area contributed by atoms with E-state index in [0.29, 0.717) is 18.2 Å². The predicted molar refractivity (Wildman–Crippen MR) is 84.1 cm³/mol. The van der Waals surface area contributed by atoms with E-state index in [4.69, 9.17) is 5.26 Å². The molecule has 2 heterocycles. The van der Waals surface area contributed by atoms with Crippen LogP contribution in [0.5, 0.6) is 0 Å². The first-order chi connectivity index (χ1) is 10.2. The zero-order valence-corrected chi connectivity index (χ0v) is 12.8. The van der Waals surface area contributed by atoms with Gasteiger partial charge in [-0.3, -0.25) is 4.90 Å². The van der Waals surface area contributed by atoms with E-state index in [2.05, 4.69) is 29.3 Å². The molecule has 1 aromatic heterocycles. The van der Waals surface area contributed by atoms with Gasteiger partial charge in [0.25, 0.3) is 0 Å². The van der Waals surface area contributed by atoms with Crippen LogP contribution in [0.15, 0.2) is 35.7 Å². The van der Waals surface area contributed by atoms with Crippen molar-refractivity contribution in [3.8, 4) is 6.07 Å². The topological polar surface area (TPSA) is 47.3 Å². The number of fused-ring (bicyclic) bond motifs is 1. The molecule has 21 heavy (non-hydrogen) atoms. The second-order valence-electron chi connectivity index (χ2n) is 5.47. The van der Waals surface area contributed by atoms with Crippen LogP contribution in [0.1, 0.15) is 40.6 Å². The van der Waals surface area contributed by atoms with Gasteiger partial charge in [0, 0.05) is 24.0 Å². The third-order valence-electron chi connectivity index (χ3n) is 4.24. The van der Waals surface area contributed by atoms with Crippen LogP contribution in [0.3, 0.4) is 0 Å². The summed E-state index contributed by atoms with van der Waals surface area (Å²) in [5, 5.41) is 21.4. The van der Waals surface area contributed by atoms with Crippen LogP contribution in [0.4, 0.5) is 0 Å². The summed E-state index contributed by atoms with van der Waals surface area (Å²) in [6, 6.07) is 11.9.